The van der Waals surface area contributed by atoms with E-state index in [1.54, 1.807) is 18.4 Å². The molecule has 0 saturated carbocycles. The lowest BCUT2D eigenvalue weighted by Crippen LogP contribution is -2.33. The normalized spacial score (nSPS) is 15.9. The Labute approximate surface area is 202 Å². The van der Waals surface area contributed by atoms with Gasteiger partial charge in [-0.1, -0.05) is 24.6 Å². The van der Waals surface area contributed by atoms with E-state index >= 15 is 0 Å². The summed E-state index contributed by atoms with van der Waals surface area (Å²) in [6.07, 6.45) is 2.58. The molecule has 0 bridgehead atoms. The molecule has 1 amide bonds. The average Bonchev–Trinajstić information content (AvgIpc) is 2.86. The van der Waals surface area contributed by atoms with E-state index in [9.17, 15) is 18.0 Å². The van der Waals surface area contributed by atoms with E-state index in [-0.39, 0.29) is 25.0 Å². The number of nitrogens with zero attached hydrogens (tertiary/aromatic N) is 2. The molecule has 1 atom stereocenters. The Morgan fingerprint density at radius 3 is 2.66 bits per heavy atom. The van der Waals surface area contributed by atoms with Gasteiger partial charge in [0.1, 0.15) is 18.1 Å². The first-order valence-corrected chi connectivity index (χ1v) is 11.3. The lowest BCUT2D eigenvalue weighted by atomic mass is 10.1. The van der Waals surface area contributed by atoms with Crippen LogP contribution in [0.3, 0.4) is 0 Å². The molecule has 0 saturated heterocycles. The van der Waals surface area contributed by atoms with Gasteiger partial charge in [-0.3, -0.25) is 9.78 Å². The number of amides is 1. The molecule has 1 aliphatic rings. The second-order valence-electron chi connectivity index (χ2n) is 7.98. The third-order valence-electron chi connectivity index (χ3n) is 5.18. The number of nitrogens with one attached hydrogen (secondary N) is 1. The number of hydrogen-bond donors (Lipinski definition) is 1. The molecule has 1 aromatic heterocycles. The van der Waals surface area contributed by atoms with E-state index in [4.69, 9.17) is 14.3 Å². The molecule has 1 N–H and O–H groups in total. The second-order valence-corrected chi connectivity index (χ2v) is 7.98. The van der Waals surface area contributed by atoms with Gasteiger partial charge in [0, 0.05) is 24.2 Å². The number of hydrogen-bond acceptors (Lipinski definition) is 6. The van der Waals surface area contributed by atoms with Crippen LogP contribution in [-0.2, 0) is 27.2 Å². The first-order chi connectivity index (χ1) is 16.8. The Morgan fingerprint density at radius 2 is 2.03 bits per heavy atom. The van der Waals surface area contributed by atoms with Gasteiger partial charge in [0.15, 0.2) is 6.61 Å². The number of halogens is 3. The molecule has 0 radical (unpaired) electrons. The van der Waals surface area contributed by atoms with E-state index in [1.807, 2.05) is 25.1 Å². The van der Waals surface area contributed by atoms with Crippen LogP contribution in [0.15, 0.2) is 60.1 Å². The van der Waals surface area contributed by atoms with Gasteiger partial charge in [0.25, 0.3) is 5.91 Å². The van der Waals surface area contributed by atoms with Crippen LogP contribution in [0.25, 0.3) is 0 Å². The zero-order chi connectivity index (χ0) is 25.1. The van der Waals surface area contributed by atoms with Gasteiger partial charge >= 0.3 is 6.18 Å². The zero-order valence-corrected chi connectivity index (χ0v) is 19.4. The quantitative estimate of drug-likeness (QED) is 0.358. The molecular formula is C25H28F3N3O4. The lowest BCUT2D eigenvalue weighted by molar-refractivity contribution is -0.141. The SMILES string of the molecule is CCC/C(=N\OCc1ccc(C(F)(F)F)nc1)c1ccc(OCC(=O)NCC2C=COCC2)cc1. The van der Waals surface area contributed by atoms with E-state index in [2.05, 4.69) is 15.5 Å². The van der Waals surface area contributed by atoms with E-state index in [0.29, 0.717) is 36.6 Å². The summed E-state index contributed by atoms with van der Waals surface area (Å²) in [5, 5.41) is 7.02. The van der Waals surface area contributed by atoms with Gasteiger partial charge in [-0.15, -0.1) is 0 Å². The zero-order valence-electron chi connectivity index (χ0n) is 19.4. The van der Waals surface area contributed by atoms with Crippen molar-refractivity contribution >= 4 is 11.6 Å². The van der Waals surface area contributed by atoms with Gasteiger partial charge in [-0.2, -0.15) is 13.2 Å². The minimum Gasteiger partial charge on any atom is -0.501 e. The number of pyridine rings is 1. The summed E-state index contributed by atoms with van der Waals surface area (Å²) in [7, 11) is 0. The Bertz CT molecular complexity index is 1010. The number of oxime groups is 1. The van der Waals surface area contributed by atoms with Crippen molar-refractivity contribution in [3.05, 3.63) is 71.8 Å². The standard InChI is InChI=1S/C25H28F3N3O4/c1-2-3-22(31-35-16-19-4-9-23(29-15-19)25(26,27)28)20-5-7-21(8-6-20)34-17-24(32)30-14-18-10-12-33-13-11-18/h4-10,12,15,18H,2-3,11,13-14,16-17H2,1H3,(H,30,32)/b31-22+. The van der Waals surface area contributed by atoms with E-state index in [0.717, 1.165) is 30.7 Å². The fourth-order valence-electron chi connectivity index (χ4n) is 3.25. The van der Waals surface area contributed by atoms with Crippen LogP contribution in [-0.4, -0.2) is 36.4 Å². The summed E-state index contributed by atoms with van der Waals surface area (Å²) < 4.78 is 48.6. The van der Waals surface area contributed by atoms with Crippen LogP contribution in [0.1, 0.15) is 43.0 Å². The second kappa shape index (κ2) is 12.8. The van der Waals surface area contributed by atoms with E-state index in [1.165, 1.54) is 6.07 Å². The molecule has 1 unspecified atom stereocenters. The number of carbonyl (C=O) groups excluding carboxylic acids is 1. The number of aromatic nitrogens is 1. The van der Waals surface area contributed by atoms with Crippen molar-refractivity contribution in [1.82, 2.24) is 10.3 Å². The molecule has 1 aromatic carbocycles. The molecule has 2 aromatic rings. The molecule has 10 heteroatoms. The van der Waals surface area contributed by atoms with Crippen molar-refractivity contribution in [3.8, 4) is 5.75 Å². The fourth-order valence-corrected chi connectivity index (χ4v) is 3.25. The monoisotopic (exact) mass is 491 g/mol. The Hall–Kier alpha value is -3.56. The maximum atomic E-state index is 12.6. The first-order valence-electron chi connectivity index (χ1n) is 11.3. The molecule has 7 nitrogen and oxygen atoms in total. The van der Waals surface area contributed by atoms with Crippen LogP contribution in [0.2, 0.25) is 0 Å². The van der Waals surface area contributed by atoms with Gasteiger partial charge in [0.05, 0.1) is 18.6 Å². The number of ether oxygens (including phenoxy) is 2. The number of rotatable bonds is 11. The highest BCUT2D eigenvalue weighted by atomic mass is 19.4. The highest BCUT2D eigenvalue weighted by Crippen LogP contribution is 2.27. The van der Waals surface area contributed by atoms with Crippen molar-refractivity contribution in [2.45, 2.75) is 39.0 Å². The molecule has 35 heavy (non-hydrogen) atoms. The van der Waals surface area contributed by atoms with E-state index < -0.39 is 11.9 Å². The number of benzene rings is 1. The van der Waals surface area contributed by atoms with Crippen LogP contribution < -0.4 is 10.1 Å². The Kier molecular flexibility index (Phi) is 9.51. The van der Waals surface area contributed by atoms with Crippen molar-refractivity contribution in [2.75, 3.05) is 19.8 Å². The van der Waals surface area contributed by atoms with Gasteiger partial charge in [0.2, 0.25) is 0 Å². The maximum Gasteiger partial charge on any atom is 0.433 e. The molecule has 0 fully saturated rings. The summed E-state index contributed by atoms with van der Waals surface area (Å²) in [4.78, 5) is 20.8. The lowest BCUT2D eigenvalue weighted by Gasteiger charge is -2.17. The summed E-state index contributed by atoms with van der Waals surface area (Å²) >= 11 is 0. The van der Waals surface area contributed by atoms with Gasteiger partial charge < -0.3 is 19.6 Å². The topological polar surface area (TPSA) is 82.0 Å². The summed E-state index contributed by atoms with van der Waals surface area (Å²) in [6, 6.07) is 9.35. The molecule has 0 spiro atoms. The Balaban J connectivity index is 1.49. The molecule has 0 aliphatic carbocycles. The third kappa shape index (κ3) is 8.62. The highest BCUT2D eigenvalue weighted by Gasteiger charge is 2.32. The van der Waals surface area contributed by atoms with Crippen molar-refractivity contribution < 1.29 is 32.3 Å². The third-order valence-corrected chi connectivity index (χ3v) is 5.18. The fraction of sp³-hybridized carbons (Fsp3) is 0.400. The predicted molar refractivity (Wildman–Crippen MR) is 124 cm³/mol. The molecular weight excluding hydrogens is 463 g/mol. The average molecular weight is 492 g/mol. The number of carbonyl (C=O) groups is 1. The minimum atomic E-state index is -4.48. The molecule has 1 aliphatic heterocycles. The molecule has 188 valence electrons. The van der Waals surface area contributed by atoms with Crippen LogP contribution >= 0.6 is 0 Å². The van der Waals surface area contributed by atoms with Crippen molar-refractivity contribution in [3.63, 3.8) is 0 Å². The first kappa shape index (κ1) is 26.1. The number of alkyl halides is 3. The predicted octanol–water partition coefficient (Wildman–Crippen LogP) is 4.87. The Morgan fingerprint density at radius 1 is 1.23 bits per heavy atom. The minimum absolute atomic E-state index is 0.00166. The van der Waals surface area contributed by atoms with Crippen LogP contribution in [0.4, 0.5) is 13.2 Å². The van der Waals surface area contributed by atoms with Gasteiger partial charge in [-0.25, -0.2) is 0 Å². The van der Waals surface area contributed by atoms with Crippen molar-refractivity contribution in [1.29, 1.82) is 0 Å². The summed E-state index contributed by atoms with van der Waals surface area (Å²) in [5.41, 5.74) is 1.04. The van der Waals surface area contributed by atoms with Crippen LogP contribution in [0, 0.1) is 5.92 Å². The molecule has 2 heterocycles. The molecule has 3 rings (SSSR count). The summed E-state index contributed by atoms with van der Waals surface area (Å²) in [6.45, 7) is 3.10. The maximum absolute atomic E-state index is 12.6. The summed E-state index contributed by atoms with van der Waals surface area (Å²) in [5.74, 6) is 0.608. The largest absolute Gasteiger partial charge is 0.501 e. The van der Waals surface area contributed by atoms with Gasteiger partial charge in [-0.05, 0) is 54.8 Å². The smallest absolute Gasteiger partial charge is 0.433 e. The van der Waals surface area contributed by atoms with Crippen LogP contribution in [0.5, 0.6) is 5.75 Å². The van der Waals surface area contributed by atoms with Crippen molar-refractivity contribution in [2.24, 2.45) is 11.1 Å². The highest BCUT2D eigenvalue weighted by molar-refractivity contribution is 6.00.